The van der Waals surface area contributed by atoms with Gasteiger partial charge in [-0.25, -0.2) is 0 Å². The van der Waals surface area contributed by atoms with Crippen LogP contribution in [0.1, 0.15) is 5.56 Å². The van der Waals surface area contributed by atoms with Gasteiger partial charge in [0.05, 0.1) is 0 Å². The molecule has 1 saturated heterocycles. The van der Waals surface area contributed by atoms with E-state index in [0.29, 0.717) is 5.75 Å². The van der Waals surface area contributed by atoms with Gasteiger partial charge in [0.1, 0.15) is 0 Å². The molecule has 6 heteroatoms. The summed E-state index contributed by atoms with van der Waals surface area (Å²) in [6.07, 6.45) is 2.64. The number of rotatable bonds is 5. The van der Waals surface area contributed by atoms with Crippen LogP contribution in [0.4, 0.5) is 10.2 Å². The van der Waals surface area contributed by atoms with E-state index in [1.807, 2.05) is 18.3 Å². The number of anilines is 1. The van der Waals surface area contributed by atoms with E-state index in [-0.39, 0.29) is 12.4 Å². The first-order valence-electron chi connectivity index (χ1n) is 10.2. The molecule has 30 heavy (non-hydrogen) atoms. The number of H-pyrrole nitrogens is 1. The molecule has 0 saturated carbocycles. The number of fused-ring (bicyclic) bond motifs is 2. The Balaban J connectivity index is 0.00000218. The highest BCUT2D eigenvalue weighted by atomic mass is 35.5. The third kappa shape index (κ3) is 3.95. The molecule has 0 amide bonds. The molecule has 0 aliphatic carbocycles. The molecule has 0 radical (unpaired) electrons. The minimum Gasteiger partial charge on any atom is -0.368 e. The second kappa shape index (κ2) is 8.94. The maximum Gasteiger partial charge on any atom is 0.177 e. The number of aromatic nitrogens is 1. The van der Waals surface area contributed by atoms with Crippen LogP contribution in [0.5, 0.6) is 5.75 Å². The quantitative estimate of drug-likeness (QED) is 0.466. The average Bonchev–Trinajstić information content (AvgIpc) is 3.24. The Morgan fingerprint density at radius 1 is 0.900 bits per heavy atom. The van der Waals surface area contributed by atoms with Gasteiger partial charge in [0.15, 0.2) is 5.75 Å². The Bertz CT molecular complexity index is 1130. The lowest BCUT2D eigenvalue weighted by molar-refractivity contribution is -0.00728. The van der Waals surface area contributed by atoms with Crippen LogP contribution in [-0.4, -0.2) is 42.6 Å². The van der Waals surface area contributed by atoms with Crippen LogP contribution in [0.15, 0.2) is 66.9 Å². The molecule has 5 rings (SSSR count). The molecule has 4 aromatic rings. The monoisotopic (exact) mass is 425 g/mol. The van der Waals surface area contributed by atoms with Gasteiger partial charge in [-0.05, 0) is 35.4 Å². The second-order valence-corrected chi connectivity index (χ2v) is 7.68. The molecule has 1 aliphatic rings. The number of halogens is 2. The summed E-state index contributed by atoms with van der Waals surface area (Å²) < 4.78 is 13.0. The van der Waals surface area contributed by atoms with Gasteiger partial charge in [0.2, 0.25) is 0 Å². The first kappa shape index (κ1) is 20.5. The highest BCUT2D eigenvalue weighted by Gasteiger charge is 2.19. The van der Waals surface area contributed by atoms with Gasteiger partial charge >= 0.3 is 0 Å². The van der Waals surface area contributed by atoms with Crippen molar-refractivity contribution >= 4 is 39.8 Å². The minimum absolute atomic E-state index is 0. The predicted molar refractivity (Wildman–Crippen MR) is 124 cm³/mol. The largest absolute Gasteiger partial charge is 0.368 e. The molecular formula is C24H25ClFN3O. The van der Waals surface area contributed by atoms with Gasteiger partial charge in [-0.1, -0.05) is 36.4 Å². The van der Waals surface area contributed by atoms with Gasteiger partial charge in [0.25, 0.3) is 0 Å². The van der Waals surface area contributed by atoms with Gasteiger partial charge in [-0.2, -0.15) is 0 Å². The molecule has 0 unspecified atom stereocenters. The standard InChI is InChI=1S/C24H24FN3O.ClH/c25-29-24-17-22-19(8-10-26-22)16-20(24)9-11-27-12-14-28(15-13-27)23-7-3-5-18-4-1-2-6-21(18)23;/h1-8,10,16-17,26H,9,11-15H2;1H. The summed E-state index contributed by atoms with van der Waals surface area (Å²) in [5.74, 6) is 0.314. The van der Waals surface area contributed by atoms with Crippen molar-refractivity contribution in [2.75, 3.05) is 37.6 Å². The number of hydrogen-bond acceptors (Lipinski definition) is 3. The topological polar surface area (TPSA) is 31.5 Å². The zero-order chi connectivity index (χ0) is 19.6. The molecule has 2 heterocycles. The van der Waals surface area contributed by atoms with Crippen LogP contribution < -0.4 is 9.84 Å². The third-order valence-electron chi connectivity index (χ3n) is 5.99. The van der Waals surface area contributed by atoms with E-state index in [1.165, 1.54) is 16.5 Å². The summed E-state index contributed by atoms with van der Waals surface area (Å²) in [7, 11) is 0. The molecule has 3 aromatic carbocycles. The fourth-order valence-corrected chi connectivity index (χ4v) is 4.37. The molecule has 1 aliphatic heterocycles. The zero-order valence-electron chi connectivity index (χ0n) is 16.7. The molecule has 1 fully saturated rings. The van der Waals surface area contributed by atoms with Crippen molar-refractivity contribution in [1.29, 1.82) is 0 Å². The van der Waals surface area contributed by atoms with Crippen molar-refractivity contribution in [1.82, 2.24) is 9.88 Å². The SMILES string of the molecule is Cl.FOc1cc2[nH]ccc2cc1CCN1CCN(c2cccc3ccccc23)CC1. The van der Waals surface area contributed by atoms with Crippen LogP contribution in [0.3, 0.4) is 0 Å². The molecule has 156 valence electrons. The van der Waals surface area contributed by atoms with Crippen molar-refractivity contribution < 1.29 is 9.47 Å². The normalized spacial score (nSPS) is 14.8. The lowest BCUT2D eigenvalue weighted by atomic mass is 10.1. The molecule has 0 bridgehead atoms. The Hall–Kier alpha value is -2.76. The van der Waals surface area contributed by atoms with Crippen LogP contribution in [0.2, 0.25) is 0 Å². The van der Waals surface area contributed by atoms with E-state index >= 15 is 0 Å². The fourth-order valence-electron chi connectivity index (χ4n) is 4.37. The van der Waals surface area contributed by atoms with E-state index in [9.17, 15) is 4.53 Å². The maximum absolute atomic E-state index is 13.0. The van der Waals surface area contributed by atoms with E-state index < -0.39 is 0 Å². The van der Waals surface area contributed by atoms with E-state index in [1.54, 1.807) is 6.07 Å². The van der Waals surface area contributed by atoms with Crippen molar-refractivity contribution in [3.8, 4) is 5.75 Å². The first-order valence-corrected chi connectivity index (χ1v) is 10.2. The molecule has 1 aromatic heterocycles. The van der Waals surface area contributed by atoms with Gasteiger partial charge in [0, 0.05) is 71.7 Å². The molecule has 1 N–H and O–H groups in total. The predicted octanol–water partition coefficient (Wildman–Crippen LogP) is 5.37. The van der Waals surface area contributed by atoms with E-state index in [2.05, 4.69) is 62.2 Å². The number of benzene rings is 3. The number of nitrogens with one attached hydrogen (secondary N) is 1. The Labute approximate surface area is 181 Å². The first-order chi connectivity index (χ1) is 14.3. The molecule has 0 atom stereocenters. The molecule has 0 spiro atoms. The van der Waals surface area contributed by atoms with E-state index in [4.69, 9.17) is 0 Å². The van der Waals surface area contributed by atoms with Crippen molar-refractivity contribution in [3.05, 3.63) is 72.4 Å². The van der Waals surface area contributed by atoms with Crippen molar-refractivity contribution in [2.45, 2.75) is 6.42 Å². The third-order valence-corrected chi connectivity index (χ3v) is 5.99. The highest BCUT2D eigenvalue weighted by molar-refractivity contribution is 5.94. The van der Waals surface area contributed by atoms with Crippen molar-refractivity contribution in [3.63, 3.8) is 0 Å². The molecular weight excluding hydrogens is 401 g/mol. The summed E-state index contributed by atoms with van der Waals surface area (Å²) in [5, 5.41) is 3.68. The average molecular weight is 426 g/mol. The van der Waals surface area contributed by atoms with Crippen molar-refractivity contribution in [2.24, 2.45) is 0 Å². The summed E-state index contributed by atoms with van der Waals surface area (Å²) in [4.78, 5) is 12.2. The van der Waals surface area contributed by atoms with Gasteiger partial charge in [-0.15, -0.1) is 12.4 Å². The summed E-state index contributed by atoms with van der Waals surface area (Å²) in [5.41, 5.74) is 3.12. The lowest BCUT2D eigenvalue weighted by Crippen LogP contribution is -2.47. The number of nitrogens with zero attached hydrogens (tertiary/aromatic N) is 2. The van der Waals surface area contributed by atoms with E-state index in [0.717, 1.165) is 55.6 Å². The van der Waals surface area contributed by atoms with Crippen LogP contribution in [-0.2, 0) is 6.42 Å². The Morgan fingerprint density at radius 2 is 1.70 bits per heavy atom. The second-order valence-electron chi connectivity index (χ2n) is 7.68. The van der Waals surface area contributed by atoms with Crippen LogP contribution >= 0.6 is 12.4 Å². The molecule has 4 nitrogen and oxygen atoms in total. The number of aromatic amines is 1. The Kier molecular flexibility index (Phi) is 6.11. The van der Waals surface area contributed by atoms with Crippen LogP contribution in [0.25, 0.3) is 21.7 Å². The fraction of sp³-hybridized carbons (Fsp3) is 0.250. The maximum atomic E-state index is 13.0. The summed E-state index contributed by atoms with van der Waals surface area (Å²) in [6.45, 7) is 4.90. The highest BCUT2D eigenvalue weighted by Crippen LogP contribution is 2.29. The summed E-state index contributed by atoms with van der Waals surface area (Å²) in [6, 6.07) is 20.8. The zero-order valence-corrected chi connectivity index (χ0v) is 17.5. The summed E-state index contributed by atoms with van der Waals surface area (Å²) >= 11 is 0. The number of hydrogen-bond donors (Lipinski definition) is 1. The Morgan fingerprint density at radius 3 is 2.53 bits per heavy atom. The smallest absolute Gasteiger partial charge is 0.177 e. The number of piperazine rings is 1. The van der Waals surface area contributed by atoms with Gasteiger partial charge < -0.3 is 9.88 Å². The lowest BCUT2D eigenvalue weighted by Gasteiger charge is -2.36. The van der Waals surface area contributed by atoms with Crippen LogP contribution in [0, 0.1) is 0 Å². The van der Waals surface area contributed by atoms with Gasteiger partial charge in [-0.3, -0.25) is 9.84 Å². The minimum atomic E-state index is 0.